The van der Waals surface area contributed by atoms with Gasteiger partial charge in [-0.05, 0) is 31.4 Å². The highest BCUT2D eigenvalue weighted by Gasteiger charge is 2.25. The molecule has 1 aromatic heterocycles. The number of carbonyl (C=O) groups excluding carboxylic acids is 1. The maximum absolute atomic E-state index is 12.5. The van der Waals surface area contributed by atoms with E-state index in [1.807, 2.05) is 11.9 Å². The predicted molar refractivity (Wildman–Crippen MR) is 97.0 cm³/mol. The molecule has 1 aliphatic rings. The lowest BCUT2D eigenvalue weighted by molar-refractivity contribution is -0.133. The van der Waals surface area contributed by atoms with E-state index in [1.54, 1.807) is 11.0 Å². The molecule has 6 heteroatoms. The van der Waals surface area contributed by atoms with Gasteiger partial charge in [0.25, 0.3) is 0 Å². The van der Waals surface area contributed by atoms with Crippen molar-refractivity contribution in [3.8, 4) is 0 Å². The van der Waals surface area contributed by atoms with Gasteiger partial charge in [-0.3, -0.25) is 9.48 Å². The van der Waals surface area contributed by atoms with Crippen molar-refractivity contribution in [1.29, 1.82) is 0 Å². The van der Waals surface area contributed by atoms with E-state index < -0.39 is 0 Å². The van der Waals surface area contributed by atoms with E-state index in [9.17, 15) is 4.79 Å². The maximum atomic E-state index is 12.5. The van der Waals surface area contributed by atoms with Crippen LogP contribution in [-0.2, 0) is 17.8 Å². The highest BCUT2D eigenvalue weighted by molar-refractivity contribution is 5.76. The third-order valence-corrected chi connectivity index (χ3v) is 5.00. The van der Waals surface area contributed by atoms with Crippen LogP contribution in [0, 0.1) is 0 Å². The summed E-state index contributed by atoms with van der Waals surface area (Å²) < 4.78 is 1.71. The van der Waals surface area contributed by atoms with Crippen LogP contribution < -0.4 is 0 Å². The minimum atomic E-state index is 0.186. The number of hydrogen-bond acceptors (Lipinski definition) is 4. The number of likely N-dealkylation sites (N-methyl/N-ethyl adjacent to an activating group) is 1. The number of aromatic nitrogens is 3. The highest BCUT2D eigenvalue weighted by Crippen LogP contribution is 2.16. The summed E-state index contributed by atoms with van der Waals surface area (Å²) in [4.78, 5) is 20.8. The van der Waals surface area contributed by atoms with E-state index in [2.05, 4.69) is 45.3 Å². The molecule has 0 aliphatic carbocycles. The monoisotopic (exact) mass is 341 g/mol. The van der Waals surface area contributed by atoms with Gasteiger partial charge in [-0.15, -0.1) is 0 Å². The Labute approximate surface area is 149 Å². The number of rotatable bonds is 7. The molecule has 1 aromatic carbocycles. The third-order valence-electron chi connectivity index (χ3n) is 5.00. The molecular weight excluding hydrogens is 314 g/mol. The summed E-state index contributed by atoms with van der Waals surface area (Å²) in [5.41, 5.74) is 1.38. The molecular formula is C19H27N5O. The molecule has 1 aliphatic heterocycles. The Kier molecular flexibility index (Phi) is 6.17. The number of benzene rings is 1. The number of likely N-dealkylation sites (tertiary alicyclic amines) is 1. The number of carbonyl (C=O) groups is 1. The Hall–Kier alpha value is -2.21. The fourth-order valence-corrected chi connectivity index (χ4v) is 3.42. The Morgan fingerprint density at radius 2 is 2.12 bits per heavy atom. The summed E-state index contributed by atoms with van der Waals surface area (Å²) in [6.45, 7) is 3.75. The summed E-state index contributed by atoms with van der Waals surface area (Å²) in [7, 11) is 1.94. The average Bonchev–Trinajstić information content (AvgIpc) is 3.18. The van der Waals surface area contributed by atoms with Crippen molar-refractivity contribution in [3.63, 3.8) is 0 Å². The second-order valence-electron chi connectivity index (χ2n) is 6.75. The zero-order valence-electron chi connectivity index (χ0n) is 14.9. The SMILES string of the molecule is CN(C(=O)CCn1cncn1)[C@@H]1CCCN(CCc2ccccc2)C1. The van der Waals surface area contributed by atoms with E-state index in [-0.39, 0.29) is 5.91 Å². The molecule has 1 amide bonds. The summed E-state index contributed by atoms with van der Waals surface area (Å²) in [5, 5.41) is 4.05. The van der Waals surface area contributed by atoms with E-state index in [0.29, 0.717) is 19.0 Å². The van der Waals surface area contributed by atoms with E-state index >= 15 is 0 Å². The van der Waals surface area contributed by atoms with Gasteiger partial charge in [0, 0.05) is 32.6 Å². The summed E-state index contributed by atoms with van der Waals surface area (Å²) in [5.74, 6) is 0.186. The molecule has 134 valence electrons. The predicted octanol–water partition coefficient (Wildman–Crippen LogP) is 1.83. The van der Waals surface area contributed by atoms with Crippen LogP contribution >= 0.6 is 0 Å². The van der Waals surface area contributed by atoms with E-state index in [4.69, 9.17) is 0 Å². The molecule has 0 spiro atoms. The van der Waals surface area contributed by atoms with Gasteiger partial charge in [-0.2, -0.15) is 5.10 Å². The molecule has 2 aromatic rings. The van der Waals surface area contributed by atoms with Gasteiger partial charge in [0.15, 0.2) is 0 Å². The number of amides is 1. The number of piperidine rings is 1. The lowest BCUT2D eigenvalue weighted by atomic mass is 10.0. The largest absolute Gasteiger partial charge is 0.341 e. The van der Waals surface area contributed by atoms with Crippen LogP contribution in [0.4, 0.5) is 0 Å². The molecule has 1 fully saturated rings. The van der Waals surface area contributed by atoms with Crippen LogP contribution in [0.2, 0.25) is 0 Å². The first-order valence-electron chi connectivity index (χ1n) is 9.07. The van der Waals surface area contributed by atoms with Crippen LogP contribution in [0.3, 0.4) is 0 Å². The molecule has 25 heavy (non-hydrogen) atoms. The topological polar surface area (TPSA) is 54.3 Å². The lowest BCUT2D eigenvalue weighted by Gasteiger charge is -2.37. The Bertz CT molecular complexity index is 643. The van der Waals surface area contributed by atoms with Crippen LogP contribution in [0.25, 0.3) is 0 Å². The van der Waals surface area contributed by atoms with E-state index in [0.717, 1.165) is 38.9 Å². The first-order chi connectivity index (χ1) is 12.2. The molecule has 0 bridgehead atoms. The molecule has 1 atom stereocenters. The smallest absolute Gasteiger partial charge is 0.224 e. The van der Waals surface area contributed by atoms with Crippen molar-refractivity contribution in [3.05, 3.63) is 48.5 Å². The second kappa shape index (κ2) is 8.76. The molecule has 1 saturated heterocycles. The summed E-state index contributed by atoms with van der Waals surface area (Å²) in [6, 6.07) is 10.9. The van der Waals surface area contributed by atoms with Gasteiger partial charge < -0.3 is 9.80 Å². The van der Waals surface area contributed by atoms with Crippen molar-refractivity contribution >= 4 is 5.91 Å². The molecule has 6 nitrogen and oxygen atoms in total. The average molecular weight is 341 g/mol. The van der Waals surface area contributed by atoms with Gasteiger partial charge in [-0.25, -0.2) is 4.98 Å². The van der Waals surface area contributed by atoms with Crippen molar-refractivity contribution in [2.24, 2.45) is 0 Å². The van der Waals surface area contributed by atoms with Crippen molar-refractivity contribution < 1.29 is 4.79 Å². The zero-order valence-corrected chi connectivity index (χ0v) is 14.9. The van der Waals surface area contributed by atoms with Crippen molar-refractivity contribution in [2.75, 3.05) is 26.7 Å². The molecule has 2 heterocycles. The first-order valence-corrected chi connectivity index (χ1v) is 9.07. The van der Waals surface area contributed by atoms with Gasteiger partial charge in [0.1, 0.15) is 12.7 Å². The molecule has 3 rings (SSSR count). The normalized spacial score (nSPS) is 18.2. The number of hydrogen-bond donors (Lipinski definition) is 0. The maximum Gasteiger partial charge on any atom is 0.224 e. The molecule has 0 radical (unpaired) electrons. The van der Waals surface area contributed by atoms with E-state index in [1.165, 1.54) is 11.9 Å². The zero-order chi connectivity index (χ0) is 17.5. The highest BCUT2D eigenvalue weighted by atomic mass is 16.2. The van der Waals surface area contributed by atoms with Gasteiger partial charge in [0.05, 0.1) is 6.54 Å². The van der Waals surface area contributed by atoms with Crippen LogP contribution in [0.15, 0.2) is 43.0 Å². The lowest BCUT2D eigenvalue weighted by Crippen LogP contribution is -2.49. The van der Waals surface area contributed by atoms with Gasteiger partial charge in [-0.1, -0.05) is 30.3 Å². The standard InChI is InChI=1S/C19H27N5O/c1-22(19(25)10-13-24-16-20-15-21-24)18-8-5-11-23(14-18)12-9-17-6-3-2-4-7-17/h2-4,6-7,15-16,18H,5,8-14H2,1H3/t18-/m1/s1. The summed E-state index contributed by atoms with van der Waals surface area (Å²) in [6.07, 6.45) is 6.94. The first kappa shape index (κ1) is 17.6. The third kappa shape index (κ3) is 5.13. The molecule has 0 N–H and O–H groups in total. The number of nitrogens with zero attached hydrogens (tertiary/aromatic N) is 5. The number of aryl methyl sites for hydroxylation is 1. The van der Waals surface area contributed by atoms with Crippen LogP contribution in [0.1, 0.15) is 24.8 Å². The van der Waals surface area contributed by atoms with Gasteiger partial charge >= 0.3 is 0 Å². The van der Waals surface area contributed by atoms with Crippen LogP contribution in [0.5, 0.6) is 0 Å². The molecule has 0 saturated carbocycles. The Balaban J connectivity index is 1.45. The Morgan fingerprint density at radius 1 is 1.28 bits per heavy atom. The van der Waals surface area contributed by atoms with Crippen molar-refractivity contribution in [1.82, 2.24) is 24.6 Å². The minimum absolute atomic E-state index is 0.186. The van der Waals surface area contributed by atoms with Crippen LogP contribution in [-0.4, -0.2) is 63.2 Å². The fraction of sp³-hybridized carbons (Fsp3) is 0.526. The Morgan fingerprint density at radius 3 is 2.88 bits per heavy atom. The van der Waals surface area contributed by atoms with Gasteiger partial charge in [0.2, 0.25) is 5.91 Å². The fourth-order valence-electron chi connectivity index (χ4n) is 3.42. The van der Waals surface area contributed by atoms with Crippen molar-refractivity contribution in [2.45, 2.75) is 38.3 Å². The summed E-state index contributed by atoms with van der Waals surface area (Å²) >= 11 is 0. The quantitative estimate of drug-likeness (QED) is 0.771. The minimum Gasteiger partial charge on any atom is -0.341 e. The second-order valence-corrected chi connectivity index (χ2v) is 6.75. The molecule has 0 unspecified atom stereocenters.